The Kier molecular flexibility index (Phi) is 4.51. The number of fused-ring (bicyclic) bond motifs is 1. The molecule has 0 fully saturated rings. The Morgan fingerprint density at radius 1 is 1.19 bits per heavy atom. The first kappa shape index (κ1) is 17.2. The van der Waals surface area contributed by atoms with E-state index in [-0.39, 0.29) is 11.8 Å². The van der Waals surface area contributed by atoms with E-state index in [4.69, 9.17) is 23.2 Å². The van der Waals surface area contributed by atoms with Crippen LogP contribution in [-0.2, 0) is 11.2 Å². The van der Waals surface area contributed by atoms with Crippen molar-refractivity contribution in [3.8, 4) is 0 Å². The molecule has 5 nitrogen and oxygen atoms in total. The molecular weight excluding hydrogens is 371 g/mol. The molecule has 1 N–H and O–H groups in total. The molecule has 2 heterocycles. The summed E-state index contributed by atoms with van der Waals surface area (Å²) in [5.41, 5.74) is 6.52. The van der Waals surface area contributed by atoms with Gasteiger partial charge in [-0.25, -0.2) is 0 Å². The maximum absolute atomic E-state index is 12.8. The molecule has 4 rings (SSSR count). The lowest BCUT2D eigenvalue weighted by Crippen LogP contribution is -2.45. The van der Waals surface area contributed by atoms with E-state index in [1.54, 1.807) is 17.1 Å². The van der Waals surface area contributed by atoms with Gasteiger partial charge in [0.15, 0.2) is 0 Å². The zero-order valence-electron chi connectivity index (χ0n) is 14.2. The summed E-state index contributed by atoms with van der Waals surface area (Å²) in [6, 6.07) is 13.4. The zero-order valence-corrected chi connectivity index (χ0v) is 15.8. The third-order valence-corrected chi connectivity index (χ3v) is 5.22. The van der Waals surface area contributed by atoms with E-state index in [0.29, 0.717) is 22.3 Å². The lowest BCUT2D eigenvalue weighted by molar-refractivity contribution is -0.115. The smallest absolute Gasteiger partial charge is 0.285 e. The quantitative estimate of drug-likeness (QED) is 0.866. The number of hydrogen-bond acceptors (Lipinski definition) is 4. The second kappa shape index (κ2) is 6.82. The normalized spacial score (nSPS) is 18.7. The van der Waals surface area contributed by atoms with Crippen LogP contribution in [0.4, 0.5) is 11.4 Å². The third kappa shape index (κ3) is 3.13. The maximum Gasteiger partial charge on any atom is 0.286 e. The van der Waals surface area contributed by atoms with Crippen molar-refractivity contribution in [1.82, 2.24) is 5.43 Å². The Morgan fingerprint density at radius 2 is 2.00 bits per heavy atom. The highest BCUT2D eigenvalue weighted by Gasteiger charge is 2.31. The van der Waals surface area contributed by atoms with Gasteiger partial charge in [0.05, 0.1) is 22.9 Å². The van der Waals surface area contributed by atoms with Crippen LogP contribution >= 0.6 is 23.2 Å². The molecule has 1 amide bonds. The summed E-state index contributed by atoms with van der Waals surface area (Å²) in [7, 11) is 0. The topological polar surface area (TPSA) is 47.9 Å². The van der Waals surface area contributed by atoms with Crippen molar-refractivity contribution in [2.45, 2.75) is 13.3 Å². The number of nitrogens with zero attached hydrogens (tertiary/aromatic N) is 3. The fourth-order valence-corrected chi connectivity index (χ4v) is 3.87. The van der Waals surface area contributed by atoms with Crippen LogP contribution in [0.15, 0.2) is 47.6 Å². The molecule has 1 atom stereocenters. The largest absolute Gasteiger partial charge is 0.286 e. The maximum atomic E-state index is 12.8. The van der Waals surface area contributed by atoms with Crippen molar-refractivity contribution in [3.63, 3.8) is 0 Å². The molecule has 0 saturated heterocycles. The molecule has 26 heavy (non-hydrogen) atoms. The van der Waals surface area contributed by atoms with Gasteiger partial charge in [-0.05, 0) is 36.2 Å². The van der Waals surface area contributed by atoms with Crippen molar-refractivity contribution >= 4 is 46.2 Å². The number of hydrazine groups is 1. The Balaban J connectivity index is 1.53. The molecule has 0 saturated carbocycles. The number of para-hydroxylation sites is 1. The number of amides is 1. The summed E-state index contributed by atoms with van der Waals surface area (Å²) < 4.78 is 0. The molecule has 2 aromatic carbocycles. The van der Waals surface area contributed by atoms with Gasteiger partial charge in [0.25, 0.3) is 5.91 Å². The number of anilines is 2. The minimum absolute atomic E-state index is 0.000378. The van der Waals surface area contributed by atoms with Crippen LogP contribution < -0.4 is 15.4 Å². The van der Waals surface area contributed by atoms with Crippen LogP contribution in [-0.4, -0.2) is 24.7 Å². The number of benzene rings is 2. The minimum Gasteiger partial charge on any atom is -0.285 e. The first-order valence-electron chi connectivity index (χ1n) is 8.50. The van der Waals surface area contributed by atoms with Crippen LogP contribution in [0, 0.1) is 5.92 Å². The number of carbonyl (C=O) groups excluding carboxylic acids is 1. The van der Waals surface area contributed by atoms with Crippen LogP contribution in [0.5, 0.6) is 0 Å². The molecule has 2 aliphatic rings. The number of hydrazone groups is 1. The average molecular weight is 389 g/mol. The summed E-state index contributed by atoms with van der Waals surface area (Å²) in [5, 5.41) is 9.25. The van der Waals surface area contributed by atoms with Gasteiger partial charge < -0.3 is 0 Å². The van der Waals surface area contributed by atoms with Crippen molar-refractivity contribution < 1.29 is 4.79 Å². The highest BCUT2D eigenvalue weighted by atomic mass is 35.5. The van der Waals surface area contributed by atoms with E-state index >= 15 is 0 Å². The highest BCUT2D eigenvalue weighted by molar-refractivity contribution is 6.41. The van der Waals surface area contributed by atoms with Crippen LogP contribution in [0.25, 0.3) is 0 Å². The second-order valence-electron chi connectivity index (χ2n) is 6.54. The standard InChI is InChI=1S/C19H18Cl2N4O/c1-12-11-25(17-7-6-14(20)10-15(17)21)22-18(12)19(26)23-24-9-8-13-4-2-3-5-16(13)24/h2-7,10,12H,8-9,11H2,1H3,(H,23,26). The number of halogens is 2. The van der Waals surface area contributed by atoms with Crippen LogP contribution in [0.2, 0.25) is 10.0 Å². The van der Waals surface area contributed by atoms with Gasteiger partial charge in [-0.3, -0.25) is 20.2 Å². The van der Waals surface area contributed by atoms with E-state index in [9.17, 15) is 4.79 Å². The predicted octanol–water partition coefficient (Wildman–Crippen LogP) is 3.90. The molecule has 0 aromatic heterocycles. The van der Waals surface area contributed by atoms with Gasteiger partial charge in [-0.1, -0.05) is 48.3 Å². The molecule has 0 spiro atoms. The van der Waals surface area contributed by atoms with Crippen LogP contribution in [0.3, 0.4) is 0 Å². The van der Waals surface area contributed by atoms with E-state index in [1.807, 2.05) is 36.2 Å². The summed E-state index contributed by atoms with van der Waals surface area (Å²) >= 11 is 12.2. The Bertz CT molecular complexity index is 899. The van der Waals surface area contributed by atoms with Gasteiger partial charge in [0, 0.05) is 17.5 Å². The van der Waals surface area contributed by atoms with Gasteiger partial charge in [0.1, 0.15) is 5.71 Å². The highest BCUT2D eigenvalue weighted by Crippen LogP contribution is 2.32. The van der Waals surface area contributed by atoms with Gasteiger partial charge in [-0.2, -0.15) is 5.10 Å². The lowest BCUT2D eigenvalue weighted by Gasteiger charge is -2.20. The van der Waals surface area contributed by atoms with Gasteiger partial charge in [0.2, 0.25) is 0 Å². The molecule has 2 aliphatic heterocycles. The summed E-state index contributed by atoms with van der Waals surface area (Å²) in [4.78, 5) is 12.8. The Labute approximate surface area is 162 Å². The summed E-state index contributed by atoms with van der Waals surface area (Å²) in [5.74, 6) is -0.179. The molecule has 1 unspecified atom stereocenters. The fraction of sp³-hybridized carbons (Fsp3) is 0.263. The second-order valence-corrected chi connectivity index (χ2v) is 7.38. The monoisotopic (exact) mass is 388 g/mol. The Morgan fingerprint density at radius 3 is 2.81 bits per heavy atom. The predicted molar refractivity (Wildman–Crippen MR) is 106 cm³/mol. The number of carbonyl (C=O) groups is 1. The molecular formula is C19H18Cl2N4O. The molecule has 0 bridgehead atoms. The Hall–Kier alpha value is -2.24. The minimum atomic E-state index is -0.179. The lowest BCUT2D eigenvalue weighted by atomic mass is 10.1. The van der Waals surface area contributed by atoms with Gasteiger partial charge in [-0.15, -0.1) is 0 Å². The molecule has 0 aliphatic carbocycles. The first-order chi connectivity index (χ1) is 12.5. The summed E-state index contributed by atoms with van der Waals surface area (Å²) in [6.45, 7) is 3.35. The van der Waals surface area contributed by atoms with Crippen molar-refractivity contribution in [2.75, 3.05) is 23.1 Å². The average Bonchev–Trinajstić information content (AvgIpc) is 3.19. The number of rotatable bonds is 3. The third-order valence-electron chi connectivity index (χ3n) is 4.69. The number of nitrogens with one attached hydrogen (secondary N) is 1. The van der Waals surface area contributed by atoms with Crippen LogP contribution in [0.1, 0.15) is 12.5 Å². The van der Waals surface area contributed by atoms with E-state index in [2.05, 4.69) is 16.6 Å². The van der Waals surface area contributed by atoms with E-state index < -0.39 is 0 Å². The van der Waals surface area contributed by atoms with Crippen molar-refractivity contribution in [1.29, 1.82) is 0 Å². The molecule has 7 heteroatoms. The summed E-state index contributed by atoms with van der Waals surface area (Å²) in [6.07, 6.45) is 0.922. The van der Waals surface area contributed by atoms with Crippen molar-refractivity contribution in [2.24, 2.45) is 11.0 Å². The zero-order chi connectivity index (χ0) is 18.3. The SMILES string of the molecule is CC1CN(c2ccc(Cl)cc2Cl)N=C1C(=O)NN1CCc2ccccc21. The molecule has 2 aromatic rings. The fourth-order valence-electron chi connectivity index (χ4n) is 3.36. The first-order valence-corrected chi connectivity index (χ1v) is 9.26. The van der Waals surface area contributed by atoms with Crippen molar-refractivity contribution in [3.05, 3.63) is 58.1 Å². The van der Waals surface area contributed by atoms with Gasteiger partial charge >= 0.3 is 0 Å². The van der Waals surface area contributed by atoms with E-state index in [0.717, 1.165) is 24.3 Å². The number of hydrogen-bond donors (Lipinski definition) is 1. The van der Waals surface area contributed by atoms with E-state index in [1.165, 1.54) is 5.56 Å². The molecule has 134 valence electrons. The molecule has 0 radical (unpaired) electrons.